The largest absolute Gasteiger partial charge is 0.348 e. The van der Waals surface area contributed by atoms with E-state index < -0.39 is 23.0 Å². The molecule has 0 bridgehead atoms. The minimum Gasteiger partial charge on any atom is -0.348 e. The van der Waals surface area contributed by atoms with Gasteiger partial charge in [0.15, 0.2) is 11.2 Å². The van der Waals surface area contributed by atoms with Gasteiger partial charge in [0.25, 0.3) is 11.5 Å². The molecule has 1 aromatic carbocycles. The van der Waals surface area contributed by atoms with E-state index in [1.165, 1.54) is 31.3 Å². The fraction of sp³-hybridized carbons (Fsp3) is 0.368. The van der Waals surface area contributed by atoms with Crippen molar-refractivity contribution in [2.75, 3.05) is 39.3 Å². The molecule has 31 heavy (non-hydrogen) atoms. The molecule has 0 radical (unpaired) electrons. The Labute approximate surface area is 175 Å². The van der Waals surface area contributed by atoms with Crippen molar-refractivity contribution >= 4 is 17.1 Å². The maximum Gasteiger partial charge on any atom is 0.337 e. The van der Waals surface area contributed by atoms with Gasteiger partial charge in [-0.3, -0.25) is 19.1 Å². The van der Waals surface area contributed by atoms with Crippen LogP contribution in [0, 0.1) is 5.82 Å². The summed E-state index contributed by atoms with van der Waals surface area (Å²) in [6.45, 7) is 4.70. The molecule has 1 aliphatic heterocycles. The molecule has 0 unspecified atom stereocenters. The van der Waals surface area contributed by atoms with Crippen LogP contribution in [0.3, 0.4) is 0 Å². The van der Waals surface area contributed by atoms with Gasteiger partial charge < -0.3 is 10.6 Å². The van der Waals surface area contributed by atoms with Gasteiger partial charge in [-0.1, -0.05) is 0 Å². The van der Waals surface area contributed by atoms with E-state index >= 15 is 0 Å². The number of carbonyl (C=O) groups is 1. The molecule has 2 N–H and O–H groups in total. The first-order valence-electron chi connectivity index (χ1n) is 9.79. The summed E-state index contributed by atoms with van der Waals surface area (Å²) >= 11 is 0. The van der Waals surface area contributed by atoms with Crippen molar-refractivity contribution in [2.24, 2.45) is 7.05 Å². The van der Waals surface area contributed by atoms with Crippen molar-refractivity contribution in [1.29, 1.82) is 0 Å². The molecule has 1 aliphatic rings. The number of nitrogens with zero attached hydrogens (tertiary/aromatic N) is 6. The highest BCUT2D eigenvalue weighted by Crippen LogP contribution is 2.11. The summed E-state index contributed by atoms with van der Waals surface area (Å²) in [5, 5.41) is 13.7. The van der Waals surface area contributed by atoms with E-state index in [0.29, 0.717) is 13.1 Å². The number of hydrogen-bond donors (Lipinski definition) is 2. The van der Waals surface area contributed by atoms with Crippen molar-refractivity contribution in [2.45, 2.75) is 0 Å². The standard InChI is InChI=1S/C19H21FN8O3/c1-26-18(30)14-16(28(19(26)31)13-4-2-12(20)3-5-13)25-24-15(23-14)17(29)22-8-11-27-9-6-21-7-10-27/h2-5,21H,6-11H2,1H3,(H,22,29). The molecule has 0 atom stereocenters. The number of hydrogen-bond acceptors (Lipinski definition) is 8. The predicted octanol–water partition coefficient (Wildman–Crippen LogP) is -1.35. The molecular weight excluding hydrogens is 407 g/mol. The summed E-state index contributed by atoms with van der Waals surface area (Å²) < 4.78 is 15.2. The Morgan fingerprint density at radius 2 is 1.87 bits per heavy atom. The van der Waals surface area contributed by atoms with Crippen molar-refractivity contribution in [3.05, 3.63) is 56.7 Å². The van der Waals surface area contributed by atoms with Crippen LogP contribution >= 0.6 is 0 Å². The Hall–Kier alpha value is -3.51. The number of aromatic nitrogens is 5. The average molecular weight is 428 g/mol. The predicted molar refractivity (Wildman–Crippen MR) is 110 cm³/mol. The number of piperazine rings is 1. The molecule has 1 saturated heterocycles. The monoisotopic (exact) mass is 428 g/mol. The third-order valence-corrected chi connectivity index (χ3v) is 5.08. The highest BCUT2D eigenvalue weighted by Gasteiger charge is 2.19. The van der Waals surface area contributed by atoms with Gasteiger partial charge in [-0.15, -0.1) is 10.2 Å². The second-order valence-corrected chi connectivity index (χ2v) is 7.11. The molecule has 0 saturated carbocycles. The maximum atomic E-state index is 13.3. The molecule has 162 valence electrons. The number of fused-ring (bicyclic) bond motifs is 1. The van der Waals surface area contributed by atoms with Crippen molar-refractivity contribution < 1.29 is 9.18 Å². The lowest BCUT2D eigenvalue weighted by Crippen LogP contribution is -2.46. The highest BCUT2D eigenvalue weighted by atomic mass is 19.1. The van der Waals surface area contributed by atoms with Crippen molar-refractivity contribution in [3.8, 4) is 5.69 Å². The van der Waals surface area contributed by atoms with E-state index in [0.717, 1.165) is 35.3 Å². The molecule has 11 nitrogen and oxygen atoms in total. The molecule has 12 heteroatoms. The second-order valence-electron chi connectivity index (χ2n) is 7.11. The summed E-state index contributed by atoms with van der Waals surface area (Å²) in [7, 11) is 1.29. The lowest BCUT2D eigenvalue weighted by Gasteiger charge is -2.26. The Balaban J connectivity index is 1.64. The first-order valence-corrected chi connectivity index (χ1v) is 9.79. The molecule has 3 aromatic rings. The zero-order chi connectivity index (χ0) is 22.0. The van der Waals surface area contributed by atoms with Gasteiger partial charge in [-0.2, -0.15) is 0 Å². The van der Waals surface area contributed by atoms with Crippen LogP contribution in [0.1, 0.15) is 10.6 Å². The van der Waals surface area contributed by atoms with Crippen LogP contribution in [0.25, 0.3) is 16.9 Å². The summed E-state index contributed by atoms with van der Waals surface area (Å²) in [5.74, 6) is -1.31. The smallest absolute Gasteiger partial charge is 0.337 e. The molecule has 0 aliphatic carbocycles. The van der Waals surface area contributed by atoms with Gasteiger partial charge in [-0.05, 0) is 24.3 Å². The Kier molecular flexibility index (Phi) is 5.82. The van der Waals surface area contributed by atoms with Gasteiger partial charge in [0, 0.05) is 46.3 Å². The number of halogens is 1. The van der Waals surface area contributed by atoms with Gasteiger partial charge in [0.1, 0.15) is 5.82 Å². The molecule has 0 spiro atoms. The number of rotatable bonds is 5. The lowest BCUT2D eigenvalue weighted by atomic mass is 10.3. The number of benzene rings is 1. The van der Waals surface area contributed by atoms with E-state index in [9.17, 15) is 18.8 Å². The highest BCUT2D eigenvalue weighted by molar-refractivity contribution is 5.91. The zero-order valence-corrected chi connectivity index (χ0v) is 16.8. The van der Waals surface area contributed by atoms with E-state index in [1.807, 2.05) is 0 Å². The average Bonchev–Trinajstić information content (AvgIpc) is 2.79. The SMILES string of the molecule is Cn1c(=O)c2nc(C(=O)NCCN3CCNCC3)nnc2n(-c2ccc(F)cc2)c1=O. The van der Waals surface area contributed by atoms with Crippen LogP contribution in [-0.2, 0) is 7.05 Å². The van der Waals surface area contributed by atoms with E-state index in [1.54, 1.807) is 0 Å². The van der Waals surface area contributed by atoms with Gasteiger partial charge in [0.2, 0.25) is 5.82 Å². The van der Waals surface area contributed by atoms with Gasteiger partial charge >= 0.3 is 5.69 Å². The van der Waals surface area contributed by atoms with Gasteiger partial charge in [-0.25, -0.2) is 18.7 Å². The molecule has 2 aromatic heterocycles. The summed E-state index contributed by atoms with van der Waals surface area (Å²) in [6.07, 6.45) is 0. The van der Waals surface area contributed by atoms with E-state index in [4.69, 9.17) is 0 Å². The minimum atomic E-state index is -0.705. The molecular formula is C19H21FN8O3. The Bertz CT molecular complexity index is 1230. The van der Waals surface area contributed by atoms with Crippen LogP contribution in [0.2, 0.25) is 0 Å². The fourth-order valence-electron chi connectivity index (χ4n) is 3.36. The van der Waals surface area contributed by atoms with Crippen LogP contribution in [0.15, 0.2) is 33.9 Å². The zero-order valence-electron chi connectivity index (χ0n) is 16.8. The third kappa shape index (κ3) is 4.20. The lowest BCUT2D eigenvalue weighted by molar-refractivity contribution is 0.0936. The van der Waals surface area contributed by atoms with Crippen molar-refractivity contribution in [3.63, 3.8) is 0 Å². The summed E-state index contributed by atoms with van der Waals surface area (Å²) in [6, 6.07) is 5.11. The first kappa shape index (κ1) is 20.8. The topological polar surface area (TPSA) is 127 Å². The summed E-state index contributed by atoms with van der Waals surface area (Å²) in [4.78, 5) is 44.0. The maximum absolute atomic E-state index is 13.3. The quantitative estimate of drug-likeness (QED) is 0.511. The molecule has 1 fully saturated rings. The minimum absolute atomic E-state index is 0.114. The molecule has 4 rings (SSSR count). The fourth-order valence-corrected chi connectivity index (χ4v) is 3.36. The second kappa shape index (κ2) is 8.70. The normalized spacial score (nSPS) is 14.6. The van der Waals surface area contributed by atoms with E-state index in [-0.39, 0.29) is 22.7 Å². The molecule has 3 heterocycles. The Morgan fingerprint density at radius 1 is 1.16 bits per heavy atom. The number of nitrogens with one attached hydrogen (secondary N) is 2. The number of amides is 1. The van der Waals surface area contributed by atoms with Crippen LogP contribution in [-0.4, -0.2) is 74.4 Å². The molecule has 1 amide bonds. The number of carbonyl (C=O) groups excluding carboxylic acids is 1. The van der Waals surface area contributed by atoms with Crippen LogP contribution < -0.4 is 21.9 Å². The summed E-state index contributed by atoms with van der Waals surface area (Å²) in [5.41, 5.74) is -1.40. The van der Waals surface area contributed by atoms with Crippen LogP contribution in [0.4, 0.5) is 4.39 Å². The first-order chi connectivity index (χ1) is 15.0. The van der Waals surface area contributed by atoms with Crippen molar-refractivity contribution in [1.82, 2.24) is 39.8 Å². The van der Waals surface area contributed by atoms with Crippen LogP contribution in [0.5, 0.6) is 0 Å². The van der Waals surface area contributed by atoms with E-state index in [2.05, 4.69) is 30.7 Å². The van der Waals surface area contributed by atoms with Gasteiger partial charge in [0.05, 0.1) is 5.69 Å². The third-order valence-electron chi connectivity index (χ3n) is 5.08. The Morgan fingerprint density at radius 3 is 2.58 bits per heavy atom.